The Morgan fingerprint density at radius 2 is 1.78 bits per heavy atom. The monoisotopic (exact) mass is 689 g/mol. The van der Waals surface area contributed by atoms with Crippen LogP contribution in [0.15, 0.2) is 65.7 Å². The van der Waals surface area contributed by atoms with Crippen LogP contribution < -0.4 is 20.8 Å². The molecule has 2 atom stereocenters. The van der Waals surface area contributed by atoms with Gasteiger partial charge in [0.2, 0.25) is 5.82 Å². The van der Waals surface area contributed by atoms with Crippen molar-refractivity contribution in [3.63, 3.8) is 0 Å². The van der Waals surface area contributed by atoms with E-state index in [9.17, 15) is 18.8 Å². The van der Waals surface area contributed by atoms with Gasteiger partial charge in [-0.3, -0.25) is 19.0 Å². The first-order valence-corrected chi connectivity index (χ1v) is 15.0. The van der Waals surface area contributed by atoms with E-state index in [4.69, 9.17) is 36.9 Å². The minimum atomic E-state index is -1.23. The molecule has 3 heterocycles. The van der Waals surface area contributed by atoms with Crippen molar-refractivity contribution in [2.24, 2.45) is 5.92 Å². The Hall–Kier alpha value is -5.96. The summed E-state index contributed by atoms with van der Waals surface area (Å²) in [7, 11) is 1.21. The zero-order chi connectivity index (χ0) is 35.1. The van der Waals surface area contributed by atoms with E-state index >= 15 is 4.39 Å². The highest BCUT2D eigenvalue weighted by Crippen LogP contribution is 2.37. The first kappa shape index (κ1) is 33.0. The average Bonchev–Trinajstić information content (AvgIpc) is 3.46. The Morgan fingerprint density at radius 3 is 2.47 bits per heavy atom. The number of aliphatic carboxylic acids is 1. The Bertz CT molecular complexity index is 2350. The normalized spacial score (nSPS) is 12.6. The van der Waals surface area contributed by atoms with Gasteiger partial charge in [-0.1, -0.05) is 36.7 Å². The van der Waals surface area contributed by atoms with Gasteiger partial charge in [0, 0.05) is 17.7 Å². The maximum Gasteiger partial charge on any atom is 0.314 e. The van der Waals surface area contributed by atoms with Gasteiger partial charge in [0.25, 0.3) is 5.56 Å². The largest absolute Gasteiger partial charge is 0.494 e. The van der Waals surface area contributed by atoms with Gasteiger partial charge in [-0.2, -0.15) is 9.49 Å². The van der Waals surface area contributed by atoms with Gasteiger partial charge < -0.3 is 20.3 Å². The summed E-state index contributed by atoms with van der Waals surface area (Å²) >= 11 is 6.58. The van der Waals surface area contributed by atoms with Gasteiger partial charge in [0.05, 0.1) is 46.4 Å². The standard InChI is InChI=1S/C33H26ClF2N7O6/c1-15(11-23(44)45)33(47)49-18-12-20(34)24-21(13-18)40-30(42(32(24)46)17-7-5-4-6-8-17)16(2)43-31-25(29(37)38-14-39-31)28(41-43)19-9-10-22(48-3)27(36)26(19)35/h4-10,12-16H,11H2,1-3H3,(H,44,45)(H2,37,38,39)/t15-,16-/m0/s1. The lowest BCUT2D eigenvalue weighted by Gasteiger charge is -2.20. The second kappa shape index (κ2) is 12.9. The minimum absolute atomic E-state index is 0.00761. The molecule has 6 aromatic rings. The summed E-state index contributed by atoms with van der Waals surface area (Å²) in [4.78, 5) is 51.1. The number of nitrogens with two attached hydrogens (primary N) is 1. The van der Waals surface area contributed by atoms with Crippen LogP contribution in [0.2, 0.25) is 5.02 Å². The van der Waals surface area contributed by atoms with Gasteiger partial charge in [0.15, 0.2) is 17.2 Å². The van der Waals surface area contributed by atoms with E-state index < -0.39 is 47.5 Å². The van der Waals surface area contributed by atoms with Crippen molar-refractivity contribution in [2.45, 2.75) is 26.3 Å². The van der Waals surface area contributed by atoms with Crippen LogP contribution in [0.25, 0.3) is 38.9 Å². The fraction of sp³-hybridized carbons (Fsp3) is 0.182. The molecule has 0 amide bonds. The lowest BCUT2D eigenvalue weighted by molar-refractivity contribution is -0.145. The van der Waals surface area contributed by atoms with Crippen molar-refractivity contribution in [1.29, 1.82) is 0 Å². The molecule has 6 rings (SSSR count). The number of carboxylic acids is 1. The molecule has 3 N–H and O–H groups in total. The molecule has 0 aliphatic heterocycles. The Kier molecular flexibility index (Phi) is 8.69. The van der Waals surface area contributed by atoms with E-state index in [1.165, 1.54) is 53.9 Å². The molecule has 0 unspecified atom stereocenters. The number of methoxy groups -OCH3 is 1. The number of benzene rings is 3. The number of esters is 1. The van der Waals surface area contributed by atoms with Crippen LogP contribution in [-0.2, 0) is 9.59 Å². The zero-order valence-corrected chi connectivity index (χ0v) is 26.8. The Balaban J connectivity index is 1.58. The highest BCUT2D eigenvalue weighted by molar-refractivity contribution is 6.35. The number of carbonyl (C=O) groups excluding carboxylic acids is 1. The molecule has 3 aromatic carbocycles. The Labute approximate surface area is 280 Å². The molecule has 16 heteroatoms. The van der Waals surface area contributed by atoms with E-state index in [2.05, 4.69) is 15.1 Å². The predicted molar refractivity (Wildman–Crippen MR) is 175 cm³/mol. The molecule has 0 bridgehead atoms. The van der Waals surface area contributed by atoms with E-state index in [1.807, 2.05) is 0 Å². The second-order valence-corrected chi connectivity index (χ2v) is 11.4. The average molecular weight is 690 g/mol. The van der Waals surface area contributed by atoms with Crippen LogP contribution in [0.5, 0.6) is 11.5 Å². The van der Waals surface area contributed by atoms with Crippen LogP contribution in [-0.4, -0.2) is 53.5 Å². The molecule has 0 saturated carbocycles. The third-order valence-electron chi connectivity index (χ3n) is 7.82. The van der Waals surface area contributed by atoms with E-state index in [0.717, 1.165) is 0 Å². The zero-order valence-electron chi connectivity index (χ0n) is 26.0. The highest BCUT2D eigenvalue weighted by Gasteiger charge is 2.28. The molecule has 3 aromatic heterocycles. The predicted octanol–water partition coefficient (Wildman–Crippen LogP) is 5.34. The van der Waals surface area contributed by atoms with E-state index in [0.29, 0.717) is 5.69 Å². The minimum Gasteiger partial charge on any atom is -0.494 e. The molecule has 0 spiro atoms. The van der Waals surface area contributed by atoms with Gasteiger partial charge in [-0.05, 0) is 31.2 Å². The summed E-state index contributed by atoms with van der Waals surface area (Å²) in [6.45, 7) is 3.06. The van der Waals surface area contributed by atoms with E-state index in [-0.39, 0.29) is 61.4 Å². The smallest absolute Gasteiger partial charge is 0.314 e. The lowest BCUT2D eigenvalue weighted by atomic mass is 10.1. The van der Waals surface area contributed by atoms with Crippen LogP contribution in [0.4, 0.5) is 14.6 Å². The Morgan fingerprint density at radius 1 is 1.04 bits per heavy atom. The van der Waals surface area contributed by atoms with Gasteiger partial charge in [-0.25, -0.2) is 24.0 Å². The molecule has 250 valence electrons. The number of hydrogen-bond donors (Lipinski definition) is 2. The summed E-state index contributed by atoms with van der Waals surface area (Å²) in [6.07, 6.45) is 0.726. The van der Waals surface area contributed by atoms with Crippen molar-refractivity contribution in [3.05, 3.63) is 93.8 Å². The van der Waals surface area contributed by atoms with Crippen molar-refractivity contribution >= 4 is 51.3 Å². The maximum absolute atomic E-state index is 15.4. The summed E-state index contributed by atoms with van der Waals surface area (Å²) in [5.74, 6) is -5.76. The van der Waals surface area contributed by atoms with Crippen molar-refractivity contribution in [2.75, 3.05) is 12.8 Å². The third-order valence-corrected chi connectivity index (χ3v) is 8.12. The number of anilines is 1. The number of nitrogen functional groups attached to an aromatic ring is 1. The number of ether oxygens (including phenoxy) is 2. The lowest BCUT2D eigenvalue weighted by Crippen LogP contribution is -2.28. The number of hydrogen-bond acceptors (Lipinski definition) is 10. The first-order chi connectivity index (χ1) is 23.4. The molecular formula is C33H26ClF2N7O6. The van der Waals surface area contributed by atoms with Crippen LogP contribution in [0.1, 0.15) is 32.1 Å². The number of para-hydroxylation sites is 1. The number of carboxylic acid groups (broad SMARTS) is 1. The second-order valence-electron chi connectivity index (χ2n) is 11.0. The maximum atomic E-state index is 15.4. The SMILES string of the molecule is COc1ccc(-c2nn([C@@H](C)c3nc4cc(OC(=O)[C@@H](C)CC(=O)O)cc(Cl)c4c(=O)n3-c3ccccc3)c3ncnc(N)c23)c(F)c1F. The van der Waals surface area contributed by atoms with E-state index in [1.54, 1.807) is 37.3 Å². The molecule has 0 aliphatic carbocycles. The highest BCUT2D eigenvalue weighted by atomic mass is 35.5. The number of rotatable bonds is 9. The van der Waals surface area contributed by atoms with Crippen molar-refractivity contribution in [3.8, 4) is 28.4 Å². The number of aromatic nitrogens is 6. The number of halogens is 3. The van der Waals surface area contributed by atoms with Crippen LogP contribution in [0.3, 0.4) is 0 Å². The number of carbonyl (C=O) groups is 2. The fourth-order valence-electron chi connectivity index (χ4n) is 5.42. The topological polar surface area (TPSA) is 177 Å². The van der Waals surface area contributed by atoms with Gasteiger partial charge in [-0.15, -0.1) is 0 Å². The summed E-state index contributed by atoms with van der Waals surface area (Å²) in [5.41, 5.74) is 5.95. The molecule has 49 heavy (non-hydrogen) atoms. The molecular weight excluding hydrogens is 664 g/mol. The van der Waals surface area contributed by atoms with Gasteiger partial charge in [0.1, 0.15) is 35.5 Å². The molecule has 0 fully saturated rings. The molecule has 0 aliphatic rings. The summed E-state index contributed by atoms with van der Waals surface area (Å²) in [5, 5.41) is 13.7. The van der Waals surface area contributed by atoms with Gasteiger partial charge >= 0.3 is 11.9 Å². The van der Waals surface area contributed by atoms with Crippen LogP contribution in [0, 0.1) is 17.6 Å². The summed E-state index contributed by atoms with van der Waals surface area (Å²) < 4.78 is 43.2. The molecule has 0 saturated heterocycles. The summed E-state index contributed by atoms with van der Waals surface area (Å²) in [6, 6.07) is 12.8. The number of nitrogens with zero attached hydrogens (tertiary/aromatic N) is 6. The van der Waals surface area contributed by atoms with Crippen molar-refractivity contribution < 1.29 is 33.0 Å². The van der Waals surface area contributed by atoms with Crippen molar-refractivity contribution in [1.82, 2.24) is 29.3 Å². The molecule has 0 radical (unpaired) electrons. The number of fused-ring (bicyclic) bond motifs is 2. The molecule has 13 nitrogen and oxygen atoms in total. The fourth-order valence-corrected chi connectivity index (χ4v) is 5.71. The third kappa shape index (κ3) is 5.88. The first-order valence-electron chi connectivity index (χ1n) is 14.7. The quantitative estimate of drug-likeness (QED) is 0.148. The van der Waals surface area contributed by atoms with Crippen LogP contribution >= 0.6 is 11.6 Å².